The first-order chi connectivity index (χ1) is 11.1. The van der Waals surface area contributed by atoms with Crippen molar-refractivity contribution in [2.45, 2.75) is 18.9 Å². The number of nitrogens with zero attached hydrogens (tertiary/aromatic N) is 1. The van der Waals surface area contributed by atoms with Crippen LogP contribution in [-0.2, 0) is 0 Å². The van der Waals surface area contributed by atoms with E-state index in [-0.39, 0.29) is 17.5 Å². The highest BCUT2D eigenvalue weighted by molar-refractivity contribution is 6.31. The van der Waals surface area contributed by atoms with Crippen molar-refractivity contribution in [2.24, 2.45) is 0 Å². The van der Waals surface area contributed by atoms with Crippen LogP contribution in [0.15, 0.2) is 48.5 Å². The Labute approximate surface area is 140 Å². The van der Waals surface area contributed by atoms with Gasteiger partial charge in [0.05, 0.1) is 5.56 Å². The molecular formula is C18H18ClFN2O. The van der Waals surface area contributed by atoms with Gasteiger partial charge >= 0.3 is 0 Å². The number of anilines is 1. The number of para-hydroxylation sites is 1. The highest BCUT2D eigenvalue weighted by Crippen LogP contribution is 2.21. The lowest BCUT2D eigenvalue weighted by Crippen LogP contribution is -2.45. The molecule has 3 nitrogen and oxygen atoms in total. The Morgan fingerprint density at radius 1 is 1.22 bits per heavy atom. The molecule has 1 N–H and O–H groups in total. The van der Waals surface area contributed by atoms with Gasteiger partial charge in [-0.25, -0.2) is 4.39 Å². The molecule has 2 aromatic rings. The van der Waals surface area contributed by atoms with Crippen LogP contribution in [0.1, 0.15) is 23.2 Å². The first kappa shape index (κ1) is 15.8. The monoisotopic (exact) mass is 332 g/mol. The molecule has 120 valence electrons. The summed E-state index contributed by atoms with van der Waals surface area (Å²) in [6.07, 6.45) is 1.87. The second-order valence-electron chi connectivity index (χ2n) is 5.72. The van der Waals surface area contributed by atoms with E-state index in [4.69, 9.17) is 11.6 Å². The molecule has 3 rings (SSSR count). The van der Waals surface area contributed by atoms with Crippen molar-refractivity contribution in [2.75, 3.05) is 18.4 Å². The van der Waals surface area contributed by atoms with Gasteiger partial charge in [-0.05, 0) is 43.2 Å². The van der Waals surface area contributed by atoms with E-state index in [0.29, 0.717) is 18.1 Å². The summed E-state index contributed by atoms with van der Waals surface area (Å²) < 4.78 is 13.9. The number of amides is 1. The van der Waals surface area contributed by atoms with Gasteiger partial charge in [-0.15, -0.1) is 0 Å². The van der Waals surface area contributed by atoms with E-state index < -0.39 is 5.82 Å². The number of halogens is 2. The van der Waals surface area contributed by atoms with Crippen molar-refractivity contribution < 1.29 is 9.18 Å². The van der Waals surface area contributed by atoms with Gasteiger partial charge in [0.2, 0.25) is 0 Å². The quantitative estimate of drug-likeness (QED) is 0.913. The fourth-order valence-corrected chi connectivity index (χ4v) is 3.05. The summed E-state index contributed by atoms with van der Waals surface area (Å²) in [5.41, 5.74) is 1.07. The molecule has 0 radical (unpaired) electrons. The molecule has 5 heteroatoms. The van der Waals surface area contributed by atoms with E-state index in [1.165, 1.54) is 18.2 Å². The molecule has 1 aliphatic heterocycles. The smallest absolute Gasteiger partial charge is 0.256 e. The van der Waals surface area contributed by atoms with Crippen molar-refractivity contribution >= 4 is 23.2 Å². The lowest BCUT2D eigenvalue weighted by molar-refractivity contribution is 0.0710. The van der Waals surface area contributed by atoms with E-state index in [1.807, 2.05) is 30.3 Å². The minimum Gasteiger partial charge on any atom is -0.381 e. The van der Waals surface area contributed by atoms with Crippen molar-refractivity contribution in [3.63, 3.8) is 0 Å². The van der Waals surface area contributed by atoms with Crippen molar-refractivity contribution in [1.29, 1.82) is 0 Å². The third kappa shape index (κ3) is 3.82. The Bertz CT molecular complexity index is 693. The van der Waals surface area contributed by atoms with Gasteiger partial charge in [-0.1, -0.05) is 29.8 Å². The fourth-order valence-electron chi connectivity index (χ4n) is 2.88. The number of hydrogen-bond donors (Lipinski definition) is 1. The highest BCUT2D eigenvalue weighted by atomic mass is 35.5. The Kier molecular flexibility index (Phi) is 4.82. The number of likely N-dealkylation sites (tertiary alicyclic amines) is 1. The summed E-state index contributed by atoms with van der Waals surface area (Å²) >= 11 is 5.89. The van der Waals surface area contributed by atoms with Crippen LogP contribution >= 0.6 is 11.6 Å². The molecule has 1 saturated heterocycles. The summed E-state index contributed by atoms with van der Waals surface area (Å²) in [6.45, 7) is 1.19. The van der Waals surface area contributed by atoms with Crippen LogP contribution in [-0.4, -0.2) is 29.9 Å². The number of rotatable bonds is 3. The zero-order valence-corrected chi connectivity index (χ0v) is 13.4. The second kappa shape index (κ2) is 7.01. The van der Waals surface area contributed by atoms with Crippen LogP contribution in [0.2, 0.25) is 5.02 Å². The average molecular weight is 333 g/mol. The van der Waals surface area contributed by atoms with Crippen molar-refractivity contribution in [3.8, 4) is 0 Å². The topological polar surface area (TPSA) is 32.3 Å². The van der Waals surface area contributed by atoms with E-state index >= 15 is 0 Å². The third-order valence-corrected chi connectivity index (χ3v) is 4.25. The van der Waals surface area contributed by atoms with Gasteiger partial charge in [0.15, 0.2) is 0 Å². The predicted molar refractivity (Wildman–Crippen MR) is 90.4 cm³/mol. The maximum Gasteiger partial charge on any atom is 0.256 e. The first-order valence-corrected chi connectivity index (χ1v) is 8.07. The molecule has 1 atom stereocenters. The molecular weight excluding hydrogens is 315 g/mol. The van der Waals surface area contributed by atoms with Crippen LogP contribution in [0.5, 0.6) is 0 Å². The number of hydrogen-bond acceptors (Lipinski definition) is 2. The molecule has 1 amide bonds. The van der Waals surface area contributed by atoms with Crippen molar-refractivity contribution in [1.82, 2.24) is 4.90 Å². The van der Waals surface area contributed by atoms with Crippen LogP contribution in [0.25, 0.3) is 0 Å². The third-order valence-electron chi connectivity index (χ3n) is 4.01. The SMILES string of the molecule is O=C(c1cc(Cl)ccc1F)N1CCCC(Nc2ccccc2)C1. The zero-order chi connectivity index (χ0) is 16.2. The molecule has 0 aromatic heterocycles. The molecule has 1 fully saturated rings. The number of benzene rings is 2. The Hall–Kier alpha value is -2.07. The summed E-state index contributed by atoms with van der Waals surface area (Å²) in [4.78, 5) is 14.3. The minimum atomic E-state index is -0.530. The Balaban J connectivity index is 1.70. The molecule has 0 saturated carbocycles. The summed E-state index contributed by atoms with van der Waals surface area (Å²) in [6, 6.07) is 14.1. The first-order valence-electron chi connectivity index (χ1n) is 7.69. The van der Waals surface area contributed by atoms with Gasteiger partial charge in [0.1, 0.15) is 5.82 Å². The number of carbonyl (C=O) groups is 1. The maximum absolute atomic E-state index is 13.9. The minimum absolute atomic E-state index is 0.0397. The molecule has 1 unspecified atom stereocenters. The van der Waals surface area contributed by atoms with Crippen LogP contribution < -0.4 is 5.32 Å². The molecule has 0 aliphatic carbocycles. The molecule has 0 bridgehead atoms. The Morgan fingerprint density at radius 2 is 2.00 bits per heavy atom. The Morgan fingerprint density at radius 3 is 2.78 bits per heavy atom. The second-order valence-corrected chi connectivity index (χ2v) is 6.16. The number of nitrogens with one attached hydrogen (secondary N) is 1. The highest BCUT2D eigenvalue weighted by Gasteiger charge is 2.26. The number of piperidine rings is 1. The molecule has 1 aliphatic rings. The van der Waals surface area contributed by atoms with Gasteiger partial charge in [0, 0.05) is 29.8 Å². The standard InChI is InChI=1S/C18H18ClFN2O/c19-13-8-9-17(20)16(11-13)18(23)22-10-4-7-15(12-22)21-14-5-2-1-3-6-14/h1-3,5-6,8-9,11,15,21H,4,7,10,12H2. The molecule has 0 spiro atoms. The van der Waals surface area contributed by atoms with Gasteiger partial charge < -0.3 is 10.2 Å². The summed E-state index contributed by atoms with van der Waals surface area (Å²) in [7, 11) is 0. The van der Waals surface area contributed by atoms with Crippen LogP contribution in [0, 0.1) is 5.82 Å². The number of carbonyl (C=O) groups excluding carboxylic acids is 1. The summed E-state index contributed by atoms with van der Waals surface area (Å²) in [5, 5.41) is 3.80. The van der Waals surface area contributed by atoms with Gasteiger partial charge in [-0.2, -0.15) is 0 Å². The molecule has 23 heavy (non-hydrogen) atoms. The fraction of sp³-hybridized carbons (Fsp3) is 0.278. The normalized spacial score (nSPS) is 17.8. The van der Waals surface area contributed by atoms with Gasteiger partial charge in [0.25, 0.3) is 5.91 Å². The molecule has 1 heterocycles. The lowest BCUT2D eigenvalue weighted by atomic mass is 10.0. The van der Waals surface area contributed by atoms with E-state index in [2.05, 4.69) is 5.32 Å². The van der Waals surface area contributed by atoms with Crippen LogP contribution in [0.4, 0.5) is 10.1 Å². The maximum atomic E-state index is 13.9. The van der Waals surface area contributed by atoms with E-state index in [1.54, 1.807) is 4.90 Å². The lowest BCUT2D eigenvalue weighted by Gasteiger charge is -2.34. The van der Waals surface area contributed by atoms with E-state index in [0.717, 1.165) is 18.5 Å². The van der Waals surface area contributed by atoms with Gasteiger partial charge in [-0.3, -0.25) is 4.79 Å². The average Bonchev–Trinajstić information content (AvgIpc) is 2.57. The zero-order valence-electron chi connectivity index (χ0n) is 12.6. The van der Waals surface area contributed by atoms with E-state index in [9.17, 15) is 9.18 Å². The summed E-state index contributed by atoms with van der Waals surface area (Å²) in [5.74, 6) is -0.831. The van der Waals surface area contributed by atoms with Crippen LogP contribution in [0.3, 0.4) is 0 Å². The molecule has 2 aromatic carbocycles. The largest absolute Gasteiger partial charge is 0.381 e. The van der Waals surface area contributed by atoms with Crippen molar-refractivity contribution in [3.05, 3.63) is 64.9 Å². The predicted octanol–water partition coefficient (Wildman–Crippen LogP) is 4.20.